The molecule has 0 amide bonds. The Morgan fingerprint density at radius 3 is 1.91 bits per heavy atom. The largest absolute Gasteiger partial charge is 0.455 e. The molecular formula is C27H36O6S. The summed E-state index contributed by atoms with van der Waals surface area (Å²) in [6, 6.07) is 19.6. The van der Waals surface area contributed by atoms with Gasteiger partial charge >= 0.3 is 5.97 Å². The molecule has 0 radical (unpaired) electrons. The number of aliphatic hydroxyl groups excluding tert-OH is 1. The molecule has 6 nitrogen and oxygen atoms in total. The van der Waals surface area contributed by atoms with E-state index in [1.165, 1.54) is 11.8 Å². The average molecular weight is 489 g/mol. The number of hydrogen-bond acceptors (Lipinski definition) is 7. The monoisotopic (exact) mass is 488 g/mol. The number of carbonyl (C=O) groups excluding carboxylic acids is 1. The molecule has 1 aliphatic heterocycles. The van der Waals surface area contributed by atoms with Gasteiger partial charge < -0.3 is 24.1 Å². The highest BCUT2D eigenvalue weighted by molar-refractivity contribution is 7.99. The van der Waals surface area contributed by atoms with Gasteiger partial charge in [0.2, 0.25) is 0 Å². The van der Waals surface area contributed by atoms with E-state index in [1.807, 2.05) is 88.4 Å². The molecule has 1 N–H and O–H groups in total. The first-order valence-electron chi connectivity index (χ1n) is 11.7. The van der Waals surface area contributed by atoms with E-state index >= 15 is 0 Å². The summed E-state index contributed by atoms with van der Waals surface area (Å²) in [6.07, 6.45) is -2.55. The number of esters is 1. The molecular weight excluding hydrogens is 452 g/mol. The molecule has 0 aromatic heterocycles. The lowest BCUT2D eigenvalue weighted by molar-refractivity contribution is -0.249. The van der Waals surface area contributed by atoms with Crippen LogP contribution in [0.15, 0.2) is 60.7 Å². The highest BCUT2D eigenvalue weighted by atomic mass is 32.2. The minimum Gasteiger partial charge on any atom is -0.455 e. The minimum atomic E-state index is -0.691. The zero-order valence-electron chi connectivity index (χ0n) is 20.4. The quantitative estimate of drug-likeness (QED) is 0.491. The Morgan fingerprint density at radius 2 is 1.44 bits per heavy atom. The van der Waals surface area contributed by atoms with Gasteiger partial charge in [0.25, 0.3) is 0 Å². The summed E-state index contributed by atoms with van der Waals surface area (Å²) in [5.74, 6) is 0.424. The third-order valence-corrected chi connectivity index (χ3v) is 6.57. The zero-order chi connectivity index (χ0) is 24.6. The van der Waals surface area contributed by atoms with Gasteiger partial charge in [-0.25, -0.2) is 0 Å². The normalized spacial score (nSPS) is 25.1. The Hall–Kier alpha value is -1.90. The standard InChI is InChI=1S/C27H36O6S/c1-5-34-25-24(33-26(29)27(2,3)4)23(31-18-20-14-10-7-11-15-20)22(21(16-28)32-25)30-17-19-12-8-6-9-13-19/h6-15,21-25,28H,5,16-18H2,1-4H3/t21-,22-,23+,24+,25+/m1/s1. The van der Waals surface area contributed by atoms with Gasteiger partial charge in [-0.1, -0.05) is 67.6 Å². The highest BCUT2D eigenvalue weighted by Crippen LogP contribution is 2.35. The second-order valence-electron chi connectivity index (χ2n) is 9.32. The van der Waals surface area contributed by atoms with Gasteiger partial charge in [0.15, 0.2) is 6.10 Å². The van der Waals surface area contributed by atoms with Gasteiger partial charge in [0.05, 0.1) is 25.2 Å². The molecule has 1 fully saturated rings. The van der Waals surface area contributed by atoms with Crippen LogP contribution in [0.25, 0.3) is 0 Å². The number of aliphatic hydroxyl groups is 1. The molecule has 0 bridgehead atoms. The van der Waals surface area contributed by atoms with Crippen molar-refractivity contribution in [2.24, 2.45) is 5.41 Å². The predicted octanol–water partition coefficient (Wildman–Crippen LogP) is 4.59. The highest BCUT2D eigenvalue weighted by Gasteiger charge is 2.50. The lowest BCUT2D eigenvalue weighted by Gasteiger charge is -2.45. The van der Waals surface area contributed by atoms with Crippen LogP contribution in [0.5, 0.6) is 0 Å². The second kappa shape index (κ2) is 12.7. The van der Waals surface area contributed by atoms with E-state index in [0.717, 1.165) is 16.9 Å². The molecule has 7 heteroatoms. The van der Waals surface area contributed by atoms with Gasteiger partial charge in [0, 0.05) is 0 Å². The third-order valence-electron chi connectivity index (χ3n) is 5.53. The maximum atomic E-state index is 12.9. The smallest absolute Gasteiger partial charge is 0.311 e. The number of benzene rings is 2. The maximum absolute atomic E-state index is 12.9. The molecule has 0 saturated carbocycles. The number of thioether (sulfide) groups is 1. The van der Waals surface area contributed by atoms with Crippen LogP contribution in [0.3, 0.4) is 0 Å². The van der Waals surface area contributed by atoms with Crippen molar-refractivity contribution in [3.63, 3.8) is 0 Å². The number of hydrogen-bond donors (Lipinski definition) is 1. The van der Waals surface area contributed by atoms with Crippen LogP contribution >= 0.6 is 11.8 Å². The summed E-state index contributed by atoms with van der Waals surface area (Å²) in [5.41, 5.74) is 0.830. The minimum absolute atomic E-state index is 0.231. The third kappa shape index (κ3) is 7.30. The molecule has 3 rings (SSSR count). The van der Waals surface area contributed by atoms with Gasteiger partial charge in [-0.05, 0) is 37.7 Å². The van der Waals surface area contributed by atoms with Crippen molar-refractivity contribution >= 4 is 17.7 Å². The SMILES string of the molecule is CCS[C@@H]1O[C@H](CO)[C@@H](OCc2ccccc2)[C@H](OCc2ccccc2)[C@@H]1OC(=O)C(C)(C)C. The van der Waals surface area contributed by atoms with E-state index in [1.54, 1.807) is 0 Å². The molecule has 2 aromatic rings. The topological polar surface area (TPSA) is 74.2 Å². The van der Waals surface area contributed by atoms with Crippen LogP contribution < -0.4 is 0 Å². The summed E-state index contributed by atoms with van der Waals surface area (Å²) >= 11 is 1.53. The Labute approximate surface area is 206 Å². The summed E-state index contributed by atoms with van der Waals surface area (Å²) in [6.45, 7) is 7.89. The van der Waals surface area contributed by atoms with E-state index in [4.69, 9.17) is 18.9 Å². The number of carbonyl (C=O) groups is 1. The predicted molar refractivity (Wildman–Crippen MR) is 133 cm³/mol. The first-order chi connectivity index (χ1) is 16.3. The van der Waals surface area contributed by atoms with E-state index < -0.39 is 35.3 Å². The van der Waals surface area contributed by atoms with Crippen molar-refractivity contribution in [1.29, 1.82) is 0 Å². The van der Waals surface area contributed by atoms with Crippen molar-refractivity contribution in [3.8, 4) is 0 Å². The van der Waals surface area contributed by atoms with Gasteiger partial charge in [0.1, 0.15) is 23.7 Å². The lowest BCUT2D eigenvalue weighted by atomic mass is 9.95. The Morgan fingerprint density at radius 1 is 0.912 bits per heavy atom. The van der Waals surface area contributed by atoms with Crippen molar-refractivity contribution in [3.05, 3.63) is 71.8 Å². The van der Waals surface area contributed by atoms with Crippen molar-refractivity contribution < 1.29 is 28.8 Å². The average Bonchev–Trinajstić information content (AvgIpc) is 2.83. The fourth-order valence-electron chi connectivity index (χ4n) is 3.67. The summed E-state index contributed by atoms with van der Waals surface area (Å²) in [7, 11) is 0. The maximum Gasteiger partial charge on any atom is 0.311 e. The van der Waals surface area contributed by atoms with Crippen molar-refractivity contribution in [2.75, 3.05) is 12.4 Å². The van der Waals surface area contributed by atoms with E-state index in [9.17, 15) is 9.90 Å². The van der Waals surface area contributed by atoms with Crippen LogP contribution in [0.2, 0.25) is 0 Å². The molecule has 186 valence electrons. The molecule has 34 heavy (non-hydrogen) atoms. The zero-order valence-corrected chi connectivity index (χ0v) is 21.2. The molecule has 5 atom stereocenters. The molecule has 0 aliphatic carbocycles. The van der Waals surface area contributed by atoms with Crippen molar-refractivity contribution in [2.45, 2.75) is 70.8 Å². The van der Waals surface area contributed by atoms with Crippen LogP contribution in [0.1, 0.15) is 38.8 Å². The van der Waals surface area contributed by atoms with E-state index in [-0.39, 0.29) is 12.6 Å². The Balaban J connectivity index is 1.90. The fourth-order valence-corrected chi connectivity index (χ4v) is 4.62. The van der Waals surface area contributed by atoms with Gasteiger partial charge in [-0.2, -0.15) is 0 Å². The van der Waals surface area contributed by atoms with Crippen LogP contribution in [-0.2, 0) is 37.0 Å². The van der Waals surface area contributed by atoms with Crippen molar-refractivity contribution in [1.82, 2.24) is 0 Å². The number of ether oxygens (including phenoxy) is 4. The van der Waals surface area contributed by atoms with Crippen LogP contribution in [-0.4, -0.2) is 53.3 Å². The van der Waals surface area contributed by atoms with Gasteiger partial charge in [-0.3, -0.25) is 4.79 Å². The second-order valence-corrected chi connectivity index (χ2v) is 10.7. The van der Waals surface area contributed by atoms with Gasteiger partial charge in [-0.15, -0.1) is 11.8 Å². The van der Waals surface area contributed by atoms with Crippen LogP contribution in [0, 0.1) is 5.41 Å². The molecule has 1 aliphatic rings. The molecule has 1 heterocycles. The Kier molecular flexibility index (Phi) is 9.97. The fraction of sp³-hybridized carbons (Fsp3) is 0.519. The lowest BCUT2D eigenvalue weighted by Crippen LogP contribution is -2.61. The van der Waals surface area contributed by atoms with E-state index in [0.29, 0.717) is 13.2 Å². The number of rotatable bonds is 10. The summed E-state index contributed by atoms with van der Waals surface area (Å²) < 4.78 is 24.9. The molecule has 0 spiro atoms. The summed E-state index contributed by atoms with van der Waals surface area (Å²) in [5, 5.41) is 10.2. The van der Waals surface area contributed by atoms with Crippen LogP contribution in [0.4, 0.5) is 0 Å². The molecule has 1 saturated heterocycles. The molecule has 2 aromatic carbocycles. The Bertz CT molecular complexity index is 870. The summed E-state index contributed by atoms with van der Waals surface area (Å²) in [4.78, 5) is 12.9. The first-order valence-corrected chi connectivity index (χ1v) is 12.8. The first kappa shape index (κ1) is 26.7. The van der Waals surface area contributed by atoms with E-state index in [2.05, 4.69) is 0 Å². The molecule has 0 unspecified atom stereocenters.